The Morgan fingerprint density at radius 3 is 2.54 bits per heavy atom. The average Bonchev–Trinajstić information content (AvgIpc) is 3.58. The minimum absolute atomic E-state index is 0.194. The molecule has 0 saturated carbocycles. The summed E-state index contributed by atoms with van der Waals surface area (Å²) in [6.07, 6.45) is 3.41. The molecule has 180 valence electrons. The lowest BCUT2D eigenvalue weighted by molar-refractivity contribution is 0.0984. The van der Waals surface area contributed by atoms with E-state index in [0.29, 0.717) is 35.2 Å². The van der Waals surface area contributed by atoms with Crippen LogP contribution in [-0.4, -0.2) is 48.8 Å². The van der Waals surface area contributed by atoms with Gasteiger partial charge in [-0.15, -0.1) is 0 Å². The maximum Gasteiger partial charge on any atom is 0.260 e. The summed E-state index contributed by atoms with van der Waals surface area (Å²) in [4.78, 5) is 24.5. The summed E-state index contributed by atoms with van der Waals surface area (Å²) in [5.74, 6) is 0.401. The third-order valence-electron chi connectivity index (χ3n) is 5.91. The second-order valence-electron chi connectivity index (χ2n) is 8.18. The van der Waals surface area contributed by atoms with Crippen molar-refractivity contribution in [1.29, 1.82) is 0 Å². The molecule has 1 amide bonds. The number of hydrogen-bond acceptors (Lipinski definition) is 7. The molecule has 0 unspecified atom stereocenters. The van der Waals surface area contributed by atoms with Crippen LogP contribution in [0.2, 0.25) is 0 Å². The zero-order chi connectivity index (χ0) is 24.4. The summed E-state index contributed by atoms with van der Waals surface area (Å²) >= 11 is 1.40. The number of anilines is 1. The Bertz CT molecular complexity index is 1450. The molecule has 10 heteroatoms. The van der Waals surface area contributed by atoms with Crippen LogP contribution < -0.4 is 9.64 Å². The summed E-state index contributed by atoms with van der Waals surface area (Å²) in [5.41, 5.74) is 1.82. The first kappa shape index (κ1) is 23.4. The van der Waals surface area contributed by atoms with Crippen LogP contribution in [-0.2, 0) is 16.6 Å². The third-order valence-corrected chi connectivity index (χ3v) is 8.88. The van der Waals surface area contributed by atoms with E-state index < -0.39 is 10.0 Å². The summed E-state index contributed by atoms with van der Waals surface area (Å²) in [5, 5.41) is 0.526. The lowest BCUT2D eigenvalue weighted by Crippen LogP contribution is -2.31. The van der Waals surface area contributed by atoms with Crippen molar-refractivity contribution in [2.45, 2.75) is 24.3 Å². The second-order valence-corrected chi connectivity index (χ2v) is 11.1. The van der Waals surface area contributed by atoms with E-state index in [1.807, 2.05) is 36.4 Å². The Hall–Kier alpha value is -3.34. The van der Waals surface area contributed by atoms with E-state index in [4.69, 9.17) is 4.74 Å². The molecule has 1 aliphatic heterocycles. The number of ether oxygens (including phenoxy) is 1. The van der Waals surface area contributed by atoms with Gasteiger partial charge < -0.3 is 4.74 Å². The quantitative estimate of drug-likeness (QED) is 0.369. The van der Waals surface area contributed by atoms with Gasteiger partial charge in [-0.3, -0.25) is 14.7 Å². The highest BCUT2D eigenvalue weighted by Crippen LogP contribution is 2.33. The molecule has 0 radical (unpaired) electrons. The standard InChI is InChI=1S/C25H24N4O4S2/c1-33-20-9-12-23-22(16-20)27-25(34-23)29(17-19-6-2-3-13-26-19)24(30)18-7-10-21(11-8-18)35(31,32)28-14-4-5-15-28/h2-3,6-13,16H,4-5,14-15,17H2,1H3. The molecule has 5 rings (SSSR count). The molecule has 0 N–H and O–H groups in total. The topological polar surface area (TPSA) is 92.7 Å². The zero-order valence-electron chi connectivity index (χ0n) is 19.1. The summed E-state index contributed by atoms with van der Waals surface area (Å²) in [6, 6.07) is 17.3. The number of benzene rings is 2. The molecule has 0 bridgehead atoms. The van der Waals surface area contributed by atoms with Crippen molar-refractivity contribution < 1.29 is 17.9 Å². The van der Waals surface area contributed by atoms with Crippen molar-refractivity contribution in [2.24, 2.45) is 0 Å². The van der Waals surface area contributed by atoms with Crippen molar-refractivity contribution in [3.63, 3.8) is 0 Å². The fraction of sp³-hybridized carbons (Fsp3) is 0.240. The van der Waals surface area contributed by atoms with Crippen molar-refractivity contribution in [2.75, 3.05) is 25.1 Å². The number of thiazole rings is 1. The highest BCUT2D eigenvalue weighted by atomic mass is 32.2. The molecule has 0 atom stereocenters. The third kappa shape index (κ3) is 4.77. The molecule has 8 nitrogen and oxygen atoms in total. The van der Waals surface area contributed by atoms with Gasteiger partial charge in [-0.1, -0.05) is 17.4 Å². The zero-order valence-corrected chi connectivity index (χ0v) is 20.8. The summed E-state index contributed by atoms with van der Waals surface area (Å²) in [6.45, 7) is 1.29. The van der Waals surface area contributed by atoms with Gasteiger partial charge in [0, 0.05) is 30.9 Å². The molecule has 1 saturated heterocycles. The maximum absolute atomic E-state index is 13.6. The molecule has 1 fully saturated rings. The number of carbonyl (C=O) groups is 1. The SMILES string of the molecule is COc1ccc2sc(N(Cc3ccccn3)C(=O)c3ccc(S(=O)(=O)N4CCCC4)cc3)nc2c1. The average molecular weight is 509 g/mol. The lowest BCUT2D eigenvalue weighted by Gasteiger charge is -2.20. The van der Waals surface area contributed by atoms with Gasteiger partial charge in [0.1, 0.15) is 5.75 Å². The molecule has 2 aromatic carbocycles. The Morgan fingerprint density at radius 2 is 1.86 bits per heavy atom. The maximum atomic E-state index is 13.6. The second kappa shape index (κ2) is 9.73. The van der Waals surface area contributed by atoms with E-state index in [-0.39, 0.29) is 17.3 Å². The smallest absolute Gasteiger partial charge is 0.260 e. The van der Waals surface area contributed by atoms with Gasteiger partial charge in [0.25, 0.3) is 5.91 Å². The summed E-state index contributed by atoms with van der Waals surface area (Å²) < 4.78 is 33.5. The van der Waals surface area contributed by atoms with Crippen molar-refractivity contribution in [3.8, 4) is 5.75 Å². The van der Waals surface area contributed by atoms with E-state index in [2.05, 4.69) is 9.97 Å². The number of fused-ring (bicyclic) bond motifs is 1. The lowest BCUT2D eigenvalue weighted by atomic mass is 10.2. The number of pyridine rings is 1. The predicted molar refractivity (Wildman–Crippen MR) is 135 cm³/mol. The minimum atomic E-state index is -3.55. The number of amides is 1. The molecule has 0 spiro atoms. The highest BCUT2D eigenvalue weighted by Gasteiger charge is 2.28. The Labute approximate surface area is 207 Å². The normalized spacial score (nSPS) is 14.3. The van der Waals surface area contributed by atoms with Crippen molar-refractivity contribution in [1.82, 2.24) is 14.3 Å². The van der Waals surface area contributed by atoms with Crippen LogP contribution in [0.25, 0.3) is 10.2 Å². The first-order chi connectivity index (χ1) is 17.0. The van der Waals surface area contributed by atoms with Gasteiger partial charge in [-0.2, -0.15) is 4.31 Å². The molecule has 2 aromatic heterocycles. The summed E-state index contributed by atoms with van der Waals surface area (Å²) in [7, 11) is -1.95. The van der Waals surface area contributed by atoms with Crippen LogP contribution in [0.5, 0.6) is 5.75 Å². The van der Waals surface area contributed by atoms with Crippen LogP contribution in [0, 0.1) is 0 Å². The van der Waals surface area contributed by atoms with E-state index in [1.165, 1.54) is 27.8 Å². The van der Waals surface area contributed by atoms with E-state index in [0.717, 1.165) is 23.1 Å². The highest BCUT2D eigenvalue weighted by molar-refractivity contribution is 7.89. The largest absolute Gasteiger partial charge is 0.497 e. The first-order valence-corrected chi connectivity index (χ1v) is 13.5. The number of carbonyl (C=O) groups excluding carboxylic acids is 1. The van der Waals surface area contributed by atoms with E-state index in [9.17, 15) is 13.2 Å². The van der Waals surface area contributed by atoms with Crippen molar-refractivity contribution >= 4 is 42.6 Å². The van der Waals surface area contributed by atoms with Gasteiger partial charge >= 0.3 is 0 Å². The number of sulfonamides is 1. The van der Waals surface area contributed by atoms with Crippen LogP contribution in [0.4, 0.5) is 5.13 Å². The minimum Gasteiger partial charge on any atom is -0.497 e. The van der Waals surface area contributed by atoms with E-state index in [1.54, 1.807) is 30.3 Å². The number of rotatable bonds is 7. The van der Waals surface area contributed by atoms with Gasteiger partial charge in [0.05, 0.1) is 34.5 Å². The van der Waals surface area contributed by atoms with E-state index >= 15 is 0 Å². The van der Waals surface area contributed by atoms with Crippen LogP contribution in [0.1, 0.15) is 28.9 Å². The molecule has 0 aliphatic carbocycles. The Morgan fingerprint density at radius 1 is 1.09 bits per heavy atom. The van der Waals surface area contributed by atoms with Gasteiger partial charge in [-0.05, 0) is 61.4 Å². The number of nitrogens with zero attached hydrogens (tertiary/aromatic N) is 4. The molecular formula is C25H24N4O4S2. The molecule has 35 heavy (non-hydrogen) atoms. The molecule has 3 heterocycles. The molecule has 1 aliphatic rings. The first-order valence-electron chi connectivity index (χ1n) is 11.2. The monoisotopic (exact) mass is 508 g/mol. The van der Waals surface area contributed by atoms with Gasteiger partial charge in [0.15, 0.2) is 5.13 Å². The number of aromatic nitrogens is 2. The predicted octanol–water partition coefficient (Wildman–Crippen LogP) is 4.33. The number of hydrogen-bond donors (Lipinski definition) is 0. The van der Waals surface area contributed by atoms with Crippen LogP contribution in [0.3, 0.4) is 0 Å². The molecule has 4 aromatic rings. The fourth-order valence-corrected chi connectivity index (χ4v) is 6.48. The fourth-order valence-electron chi connectivity index (χ4n) is 4.02. The van der Waals surface area contributed by atoms with Gasteiger partial charge in [-0.25, -0.2) is 13.4 Å². The molecular weight excluding hydrogens is 484 g/mol. The number of methoxy groups -OCH3 is 1. The Balaban J connectivity index is 1.48. The van der Waals surface area contributed by atoms with Crippen LogP contribution >= 0.6 is 11.3 Å². The van der Waals surface area contributed by atoms with Crippen molar-refractivity contribution in [3.05, 3.63) is 78.1 Å². The van der Waals surface area contributed by atoms with Gasteiger partial charge in [0.2, 0.25) is 10.0 Å². The Kier molecular flexibility index (Phi) is 6.50. The van der Waals surface area contributed by atoms with Crippen LogP contribution in [0.15, 0.2) is 71.8 Å².